The zero-order valence-electron chi connectivity index (χ0n) is 15.0. The minimum Gasteiger partial charge on any atom is -0.480 e. The van der Waals surface area contributed by atoms with Gasteiger partial charge in [0.25, 0.3) is 0 Å². The van der Waals surface area contributed by atoms with Crippen LogP contribution < -0.4 is 0 Å². The first-order valence-electron chi connectivity index (χ1n) is 8.82. The van der Waals surface area contributed by atoms with Crippen molar-refractivity contribution in [1.29, 1.82) is 0 Å². The van der Waals surface area contributed by atoms with Gasteiger partial charge in [0.2, 0.25) is 10.8 Å². The zero-order chi connectivity index (χ0) is 21.2. The van der Waals surface area contributed by atoms with Crippen LogP contribution in [0.4, 0.5) is 0 Å². The van der Waals surface area contributed by atoms with Crippen molar-refractivity contribution in [3.8, 4) is 0 Å². The summed E-state index contributed by atoms with van der Waals surface area (Å²) >= 11 is 0. The molecule has 0 saturated heterocycles. The number of carboxylic acids is 4. The van der Waals surface area contributed by atoms with Crippen molar-refractivity contribution >= 4 is 23.9 Å². The molecule has 0 amide bonds. The summed E-state index contributed by atoms with van der Waals surface area (Å²) in [5.41, 5.74) is -7.45. The van der Waals surface area contributed by atoms with Gasteiger partial charge in [-0.1, -0.05) is 48.5 Å². The molecule has 1 spiro atoms. The molecule has 1 atom stereocenters. The second-order valence-electron chi connectivity index (χ2n) is 7.33. The van der Waals surface area contributed by atoms with Crippen LogP contribution in [0, 0.1) is 5.41 Å². The maximum absolute atomic E-state index is 12.7. The van der Waals surface area contributed by atoms with Crippen LogP contribution in [-0.2, 0) is 36.4 Å². The predicted molar refractivity (Wildman–Crippen MR) is 96.6 cm³/mol. The van der Waals surface area contributed by atoms with Gasteiger partial charge in [0.05, 0.1) is 5.41 Å². The number of fused-ring (bicyclic) bond motifs is 4. The van der Waals surface area contributed by atoms with Crippen molar-refractivity contribution < 1.29 is 39.6 Å². The van der Waals surface area contributed by atoms with Crippen molar-refractivity contribution in [3.63, 3.8) is 0 Å². The first-order valence-corrected chi connectivity index (χ1v) is 8.82. The molecule has 8 heteroatoms. The topological polar surface area (TPSA) is 149 Å². The van der Waals surface area contributed by atoms with Gasteiger partial charge in [-0.3, -0.25) is 19.2 Å². The number of benzene rings is 2. The largest absolute Gasteiger partial charge is 0.480 e. The first kappa shape index (κ1) is 18.7. The second-order valence-corrected chi connectivity index (χ2v) is 7.33. The standard InChI is InChI=1S/C21H16O8/c22-15(23)20(16(24)25)14-8-4-3-7-13(14)19(21(20,17(26)27)18(28)29)10-9-11-5-1-2-6-12(11)19/h1-8H,9-10H2,(H,22,23)(H,24,25)(H,26,27)(H,28,29). The molecule has 8 nitrogen and oxygen atoms in total. The van der Waals surface area contributed by atoms with Gasteiger partial charge >= 0.3 is 23.9 Å². The number of aliphatic carboxylic acids is 4. The van der Waals surface area contributed by atoms with Crippen molar-refractivity contribution in [1.82, 2.24) is 0 Å². The molecule has 1 unspecified atom stereocenters. The highest BCUT2D eigenvalue weighted by Crippen LogP contribution is 2.69. The van der Waals surface area contributed by atoms with E-state index < -0.39 is 40.1 Å². The van der Waals surface area contributed by atoms with E-state index in [-0.39, 0.29) is 17.5 Å². The van der Waals surface area contributed by atoms with E-state index in [2.05, 4.69) is 0 Å². The summed E-state index contributed by atoms with van der Waals surface area (Å²) in [6, 6.07) is 12.1. The van der Waals surface area contributed by atoms with Crippen LogP contribution in [0.25, 0.3) is 0 Å². The van der Waals surface area contributed by atoms with E-state index in [9.17, 15) is 39.6 Å². The summed E-state index contributed by atoms with van der Waals surface area (Å²) in [4.78, 5) is 50.4. The second kappa shape index (κ2) is 5.66. The predicted octanol–water partition coefficient (Wildman–Crippen LogP) is 1.50. The van der Waals surface area contributed by atoms with Crippen LogP contribution in [0.15, 0.2) is 48.5 Å². The normalized spacial score (nSPS) is 22.6. The Labute approximate surface area is 164 Å². The Morgan fingerprint density at radius 3 is 1.66 bits per heavy atom. The molecule has 0 heterocycles. The molecule has 4 rings (SSSR count). The Bertz CT molecular complexity index is 1070. The minimum atomic E-state index is -3.21. The van der Waals surface area contributed by atoms with Crippen molar-refractivity contribution in [2.45, 2.75) is 23.7 Å². The van der Waals surface area contributed by atoms with E-state index >= 15 is 0 Å². The van der Waals surface area contributed by atoms with Crippen LogP contribution in [-0.4, -0.2) is 44.3 Å². The van der Waals surface area contributed by atoms with Gasteiger partial charge in [0, 0.05) is 0 Å². The lowest BCUT2D eigenvalue weighted by Crippen LogP contribution is -2.67. The fourth-order valence-corrected chi connectivity index (χ4v) is 5.61. The van der Waals surface area contributed by atoms with Gasteiger partial charge in [-0.05, 0) is 35.1 Å². The number of aryl methyl sites for hydroxylation is 1. The van der Waals surface area contributed by atoms with E-state index in [0.717, 1.165) is 0 Å². The summed E-state index contributed by atoms with van der Waals surface area (Å²) in [5, 5.41) is 40.8. The Morgan fingerprint density at radius 2 is 1.14 bits per heavy atom. The molecule has 0 fully saturated rings. The molecule has 4 N–H and O–H groups in total. The first-order chi connectivity index (χ1) is 13.7. The zero-order valence-corrected chi connectivity index (χ0v) is 15.0. The van der Waals surface area contributed by atoms with Crippen molar-refractivity contribution in [2.75, 3.05) is 0 Å². The highest BCUT2D eigenvalue weighted by atomic mass is 16.4. The van der Waals surface area contributed by atoms with E-state index in [0.29, 0.717) is 17.5 Å². The van der Waals surface area contributed by atoms with E-state index in [1.165, 1.54) is 24.3 Å². The van der Waals surface area contributed by atoms with Crippen molar-refractivity contribution in [2.24, 2.45) is 5.41 Å². The van der Waals surface area contributed by atoms with Crippen LogP contribution in [0.5, 0.6) is 0 Å². The monoisotopic (exact) mass is 396 g/mol. The lowest BCUT2D eigenvalue weighted by Gasteiger charge is -2.43. The maximum atomic E-state index is 12.7. The van der Waals surface area contributed by atoms with Crippen LogP contribution in [0.1, 0.15) is 28.7 Å². The lowest BCUT2D eigenvalue weighted by molar-refractivity contribution is -0.190. The quantitative estimate of drug-likeness (QED) is 0.568. The molecule has 2 aromatic carbocycles. The van der Waals surface area contributed by atoms with Gasteiger partial charge in [-0.25, -0.2) is 0 Å². The Kier molecular flexibility index (Phi) is 3.65. The van der Waals surface area contributed by atoms with E-state index in [1.807, 2.05) is 0 Å². The summed E-state index contributed by atoms with van der Waals surface area (Å²) in [6.45, 7) is 0. The molecule has 29 heavy (non-hydrogen) atoms. The molecular formula is C21H16O8. The van der Waals surface area contributed by atoms with Gasteiger partial charge in [0.15, 0.2) is 0 Å². The highest BCUT2D eigenvalue weighted by Gasteiger charge is 2.85. The third kappa shape index (κ3) is 1.70. The fraction of sp³-hybridized carbons (Fsp3) is 0.238. The van der Waals surface area contributed by atoms with E-state index in [1.54, 1.807) is 24.3 Å². The van der Waals surface area contributed by atoms with Crippen molar-refractivity contribution in [3.05, 3.63) is 70.8 Å². The lowest BCUT2D eigenvalue weighted by atomic mass is 9.52. The number of rotatable bonds is 4. The van der Waals surface area contributed by atoms with E-state index in [4.69, 9.17) is 0 Å². The van der Waals surface area contributed by atoms with Gasteiger partial charge in [-0.15, -0.1) is 0 Å². The number of carbonyl (C=O) groups is 4. The number of hydrogen-bond acceptors (Lipinski definition) is 4. The summed E-state index contributed by atoms with van der Waals surface area (Å²) in [7, 11) is 0. The smallest absolute Gasteiger partial charge is 0.327 e. The Morgan fingerprint density at radius 1 is 0.655 bits per heavy atom. The average molecular weight is 396 g/mol. The molecular weight excluding hydrogens is 380 g/mol. The third-order valence-electron chi connectivity index (χ3n) is 6.52. The highest BCUT2D eigenvalue weighted by molar-refractivity contribution is 6.21. The average Bonchev–Trinajstić information content (AvgIpc) is 3.16. The minimum absolute atomic E-state index is 0.0374. The molecule has 0 radical (unpaired) electrons. The van der Waals surface area contributed by atoms with Crippen LogP contribution in [0.2, 0.25) is 0 Å². The Balaban J connectivity index is 2.33. The molecule has 0 saturated carbocycles. The fourth-order valence-electron chi connectivity index (χ4n) is 5.61. The Hall–Kier alpha value is -3.68. The number of carboxylic acid groups (broad SMARTS) is 4. The molecule has 148 valence electrons. The maximum Gasteiger partial charge on any atom is 0.327 e. The number of hydrogen-bond donors (Lipinski definition) is 4. The SMILES string of the molecule is O=C(O)C1(C(=O)O)c2ccccc2C2(CCc3ccccc32)C1(C(=O)O)C(=O)O. The van der Waals surface area contributed by atoms with Gasteiger partial charge in [-0.2, -0.15) is 0 Å². The summed E-state index contributed by atoms with van der Waals surface area (Å²) < 4.78 is 0. The molecule has 0 aromatic heterocycles. The third-order valence-corrected chi connectivity index (χ3v) is 6.52. The summed E-state index contributed by atoms with van der Waals surface area (Å²) in [5.74, 6) is -8.04. The van der Waals surface area contributed by atoms with Crippen LogP contribution in [0.3, 0.4) is 0 Å². The van der Waals surface area contributed by atoms with Gasteiger partial charge in [0.1, 0.15) is 0 Å². The molecule has 0 bridgehead atoms. The summed E-state index contributed by atoms with van der Waals surface area (Å²) in [6.07, 6.45) is 0.256. The molecule has 2 aromatic rings. The van der Waals surface area contributed by atoms with Gasteiger partial charge < -0.3 is 20.4 Å². The molecule has 2 aliphatic rings. The molecule has 2 aliphatic carbocycles. The molecule has 0 aliphatic heterocycles. The van der Waals surface area contributed by atoms with Crippen LogP contribution >= 0.6 is 0 Å².